The number of aromatic nitrogens is 2. The molecule has 1 aliphatic heterocycles. The van der Waals surface area contributed by atoms with E-state index in [1.54, 1.807) is 0 Å². The molecule has 2 aromatic rings. The number of imidazole rings is 1. The Hall–Kier alpha value is -1.91. The fourth-order valence-corrected chi connectivity index (χ4v) is 3.70. The Morgan fingerprint density at radius 1 is 1.28 bits per heavy atom. The fourth-order valence-electron chi connectivity index (χ4n) is 3.70. The van der Waals surface area contributed by atoms with Gasteiger partial charge in [-0.3, -0.25) is 0 Å². The van der Waals surface area contributed by atoms with E-state index in [0.717, 1.165) is 31.9 Å². The lowest BCUT2D eigenvalue weighted by atomic mass is 9.97. The number of hydrogen-bond donors (Lipinski definition) is 1. The van der Waals surface area contributed by atoms with E-state index < -0.39 is 0 Å². The molecule has 1 unspecified atom stereocenters. The zero-order chi connectivity index (χ0) is 17.6. The lowest BCUT2D eigenvalue weighted by Gasteiger charge is -2.32. The molecule has 1 aromatic carbocycles. The normalized spacial score (nSPS) is 18.3. The number of likely N-dealkylation sites (tertiary alicyclic amines) is 1. The third kappa shape index (κ3) is 4.59. The van der Waals surface area contributed by atoms with E-state index in [-0.39, 0.29) is 6.61 Å². The van der Waals surface area contributed by atoms with E-state index in [4.69, 9.17) is 4.98 Å². The van der Waals surface area contributed by atoms with Gasteiger partial charge in [-0.15, -0.1) is 0 Å². The van der Waals surface area contributed by atoms with Gasteiger partial charge in [0, 0.05) is 25.2 Å². The summed E-state index contributed by atoms with van der Waals surface area (Å²) in [7, 11) is 0. The van der Waals surface area contributed by atoms with Gasteiger partial charge < -0.3 is 14.6 Å². The molecule has 1 saturated heterocycles. The summed E-state index contributed by atoms with van der Waals surface area (Å²) in [5.74, 6) is 0.613. The molecule has 4 nitrogen and oxygen atoms in total. The molecule has 1 aliphatic rings. The Morgan fingerprint density at radius 2 is 2.08 bits per heavy atom. The van der Waals surface area contributed by atoms with E-state index in [2.05, 4.69) is 53.7 Å². The van der Waals surface area contributed by atoms with Gasteiger partial charge in [-0.1, -0.05) is 35.9 Å². The van der Waals surface area contributed by atoms with Crippen LogP contribution in [0.25, 0.3) is 17.3 Å². The number of allylic oxidation sites excluding steroid dienone is 1. The molecular formula is C21H29N3O. The summed E-state index contributed by atoms with van der Waals surface area (Å²) < 4.78 is 2.31. The fraction of sp³-hybridized carbons (Fsp3) is 0.476. The minimum atomic E-state index is 0.249. The Bertz CT molecular complexity index is 699. The predicted molar refractivity (Wildman–Crippen MR) is 103 cm³/mol. The first-order chi connectivity index (χ1) is 12.2. The summed E-state index contributed by atoms with van der Waals surface area (Å²) in [6, 6.07) is 10.4. The summed E-state index contributed by atoms with van der Waals surface area (Å²) in [5, 5.41) is 9.20. The number of nitrogens with zero attached hydrogens (tertiary/aromatic N) is 3. The average Bonchev–Trinajstić information content (AvgIpc) is 2.98. The molecule has 0 spiro atoms. The van der Waals surface area contributed by atoms with Crippen molar-refractivity contribution in [1.82, 2.24) is 14.5 Å². The van der Waals surface area contributed by atoms with Gasteiger partial charge >= 0.3 is 0 Å². The first kappa shape index (κ1) is 17.9. The molecule has 1 N–H and O–H groups in total. The van der Waals surface area contributed by atoms with Gasteiger partial charge in [0.25, 0.3) is 0 Å². The third-order valence-corrected chi connectivity index (χ3v) is 4.83. The van der Waals surface area contributed by atoms with Crippen LogP contribution in [-0.2, 0) is 6.54 Å². The molecule has 4 heteroatoms. The summed E-state index contributed by atoms with van der Waals surface area (Å²) in [6.45, 7) is 8.46. The van der Waals surface area contributed by atoms with Crippen molar-refractivity contribution < 1.29 is 5.11 Å². The smallest absolute Gasteiger partial charge is 0.0958 e. The van der Waals surface area contributed by atoms with Crippen LogP contribution in [0.15, 0.2) is 42.2 Å². The van der Waals surface area contributed by atoms with Crippen LogP contribution in [0, 0.1) is 5.92 Å². The molecule has 0 radical (unpaired) electrons. The second-order valence-electron chi connectivity index (χ2n) is 7.25. The number of hydrogen-bond acceptors (Lipinski definition) is 3. The van der Waals surface area contributed by atoms with Crippen LogP contribution in [-0.4, -0.2) is 45.8 Å². The molecule has 1 fully saturated rings. The molecule has 0 saturated carbocycles. The zero-order valence-electron chi connectivity index (χ0n) is 15.4. The number of aliphatic hydroxyl groups excluding tert-OH is 1. The maximum Gasteiger partial charge on any atom is 0.0958 e. The molecule has 0 amide bonds. The molecule has 25 heavy (non-hydrogen) atoms. The predicted octanol–water partition coefficient (Wildman–Crippen LogP) is 3.68. The largest absolute Gasteiger partial charge is 0.395 e. The maximum absolute atomic E-state index is 9.20. The van der Waals surface area contributed by atoms with Crippen molar-refractivity contribution in [2.24, 2.45) is 5.92 Å². The number of piperidine rings is 1. The topological polar surface area (TPSA) is 41.3 Å². The van der Waals surface area contributed by atoms with E-state index in [1.165, 1.54) is 29.7 Å². The van der Waals surface area contributed by atoms with Crippen molar-refractivity contribution >= 4 is 6.08 Å². The minimum Gasteiger partial charge on any atom is -0.395 e. The molecule has 3 rings (SSSR count). The first-order valence-electron chi connectivity index (χ1n) is 9.26. The van der Waals surface area contributed by atoms with Gasteiger partial charge in [-0.05, 0) is 45.2 Å². The van der Waals surface area contributed by atoms with Gasteiger partial charge in [-0.2, -0.15) is 0 Å². The van der Waals surface area contributed by atoms with Crippen LogP contribution in [0.3, 0.4) is 0 Å². The molecule has 134 valence electrons. The monoisotopic (exact) mass is 339 g/mol. The SMILES string of the molecule is CC(C)=Cc1c(-c2ccccc2)ncn1CC1CCCN(CCO)C1. The molecule has 1 atom stereocenters. The standard InChI is InChI=1S/C21H29N3O/c1-17(2)13-20-21(19-8-4-3-5-9-19)22-16-24(20)15-18-7-6-10-23(14-18)11-12-25/h3-5,8-9,13,16,18,25H,6-7,10-12,14-15H2,1-2H3. The summed E-state index contributed by atoms with van der Waals surface area (Å²) >= 11 is 0. The van der Waals surface area contributed by atoms with Crippen LogP contribution in [0.2, 0.25) is 0 Å². The Kier molecular flexibility index (Phi) is 6.05. The summed E-state index contributed by atoms with van der Waals surface area (Å²) in [5.41, 5.74) is 4.71. The Balaban J connectivity index is 1.84. The van der Waals surface area contributed by atoms with Crippen LogP contribution in [0.1, 0.15) is 32.4 Å². The lowest BCUT2D eigenvalue weighted by molar-refractivity contribution is 0.132. The number of aliphatic hydroxyl groups is 1. The highest BCUT2D eigenvalue weighted by Gasteiger charge is 2.21. The highest BCUT2D eigenvalue weighted by molar-refractivity contribution is 5.70. The van der Waals surface area contributed by atoms with Gasteiger partial charge in [0.1, 0.15) is 0 Å². The van der Waals surface area contributed by atoms with Crippen LogP contribution in [0.4, 0.5) is 0 Å². The van der Waals surface area contributed by atoms with E-state index in [0.29, 0.717) is 5.92 Å². The second-order valence-corrected chi connectivity index (χ2v) is 7.25. The Labute approximate surface area is 150 Å². The van der Waals surface area contributed by atoms with Crippen molar-refractivity contribution in [2.75, 3.05) is 26.2 Å². The Morgan fingerprint density at radius 3 is 2.80 bits per heavy atom. The van der Waals surface area contributed by atoms with Gasteiger partial charge in [-0.25, -0.2) is 4.98 Å². The second kappa shape index (κ2) is 8.45. The zero-order valence-corrected chi connectivity index (χ0v) is 15.4. The van der Waals surface area contributed by atoms with Crippen molar-refractivity contribution in [3.8, 4) is 11.3 Å². The number of rotatable bonds is 6. The first-order valence-corrected chi connectivity index (χ1v) is 9.26. The van der Waals surface area contributed by atoms with Crippen molar-refractivity contribution in [1.29, 1.82) is 0 Å². The van der Waals surface area contributed by atoms with E-state index in [1.807, 2.05) is 12.4 Å². The van der Waals surface area contributed by atoms with E-state index >= 15 is 0 Å². The molecule has 0 aliphatic carbocycles. The van der Waals surface area contributed by atoms with Gasteiger partial charge in [0.05, 0.1) is 24.3 Å². The highest BCUT2D eigenvalue weighted by atomic mass is 16.3. The van der Waals surface area contributed by atoms with E-state index in [9.17, 15) is 5.11 Å². The van der Waals surface area contributed by atoms with Gasteiger partial charge in [0.15, 0.2) is 0 Å². The van der Waals surface area contributed by atoms with Gasteiger partial charge in [0.2, 0.25) is 0 Å². The maximum atomic E-state index is 9.20. The highest BCUT2D eigenvalue weighted by Crippen LogP contribution is 2.26. The van der Waals surface area contributed by atoms with Crippen molar-refractivity contribution in [3.63, 3.8) is 0 Å². The van der Waals surface area contributed by atoms with Crippen LogP contribution >= 0.6 is 0 Å². The quantitative estimate of drug-likeness (QED) is 0.873. The average molecular weight is 339 g/mol. The minimum absolute atomic E-state index is 0.249. The number of β-amino-alcohol motifs (C(OH)–C–C–N with tert-alkyl or cyclic N) is 1. The molecule has 2 heterocycles. The third-order valence-electron chi connectivity index (χ3n) is 4.83. The van der Waals surface area contributed by atoms with Crippen molar-refractivity contribution in [3.05, 3.63) is 47.9 Å². The molecule has 1 aromatic heterocycles. The summed E-state index contributed by atoms with van der Waals surface area (Å²) in [6.07, 6.45) is 6.68. The molecular weight excluding hydrogens is 310 g/mol. The lowest BCUT2D eigenvalue weighted by Crippen LogP contribution is -2.38. The van der Waals surface area contributed by atoms with Crippen LogP contribution < -0.4 is 0 Å². The van der Waals surface area contributed by atoms with Crippen molar-refractivity contribution in [2.45, 2.75) is 33.2 Å². The molecule has 0 bridgehead atoms. The number of benzene rings is 1. The van der Waals surface area contributed by atoms with Crippen LogP contribution in [0.5, 0.6) is 0 Å². The summed E-state index contributed by atoms with van der Waals surface area (Å²) in [4.78, 5) is 7.10.